The molecule has 0 saturated carbocycles. The minimum Gasteiger partial charge on any atom is -0.338 e. The third-order valence-electron chi connectivity index (χ3n) is 6.43. The van der Waals surface area contributed by atoms with Crippen LogP contribution < -0.4 is 10.9 Å². The number of benzene rings is 2. The Bertz CT molecular complexity index is 1490. The Morgan fingerprint density at radius 1 is 1.15 bits per heavy atom. The number of nitrogens with one attached hydrogen (secondary N) is 2. The van der Waals surface area contributed by atoms with Gasteiger partial charge in [-0.05, 0) is 61.3 Å². The van der Waals surface area contributed by atoms with Gasteiger partial charge in [-0.1, -0.05) is 35.9 Å². The molecule has 1 aliphatic rings. The Kier molecular flexibility index (Phi) is 5.30. The van der Waals surface area contributed by atoms with E-state index in [1.54, 1.807) is 18.3 Å². The molecule has 3 heterocycles. The molecule has 0 unspecified atom stereocenters. The topological polar surface area (TPSA) is 82.5 Å². The molecule has 1 fully saturated rings. The van der Waals surface area contributed by atoms with Gasteiger partial charge in [0.25, 0.3) is 11.5 Å². The maximum Gasteiger partial charge on any atom is 0.276 e. The number of aromatic amines is 1. The van der Waals surface area contributed by atoms with Crippen LogP contribution in [0, 0.1) is 19.7 Å². The normalized spacial score (nSPS) is 15.3. The molecule has 0 atom stereocenters. The van der Waals surface area contributed by atoms with Crippen molar-refractivity contribution in [2.45, 2.75) is 19.4 Å². The van der Waals surface area contributed by atoms with E-state index in [2.05, 4.69) is 15.4 Å². The lowest BCUT2D eigenvalue weighted by Crippen LogP contribution is -2.66. The van der Waals surface area contributed by atoms with Crippen LogP contribution >= 0.6 is 11.6 Å². The van der Waals surface area contributed by atoms with Crippen molar-refractivity contribution >= 4 is 23.0 Å². The highest BCUT2D eigenvalue weighted by molar-refractivity contribution is 6.36. The van der Waals surface area contributed by atoms with E-state index in [9.17, 15) is 14.0 Å². The first-order valence-corrected chi connectivity index (χ1v) is 11.2. The molecule has 1 saturated heterocycles. The van der Waals surface area contributed by atoms with Crippen molar-refractivity contribution in [1.29, 1.82) is 0 Å². The van der Waals surface area contributed by atoms with Gasteiger partial charge in [0.1, 0.15) is 10.8 Å². The van der Waals surface area contributed by atoms with Crippen LogP contribution in [0.3, 0.4) is 0 Å². The van der Waals surface area contributed by atoms with Crippen molar-refractivity contribution in [2.75, 3.05) is 20.1 Å². The van der Waals surface area contributed by atoms with Gasteiger partial charge in [-0.2, -0.15) is 5.10 Å². The maximum atomic E-state index is 13.4. The van der Waals surface area contributed by atoms with Gasteiger partial charge in [-0.3, -0.25) is 9.59 Å². The molecule has 2 N–H and O–H groups in total. The number of aryl methyl sites for hydroxylation is 2. The highest BCUT2D eigenvalue weighted by Crippen LogP contribution is 2.32. The fraction of sp³-hybridized carbons (Fsp3) is 0.240. The largest absolute Gasteiger partial charge is 0.338 e. The van der Waals surface area contributed by atoms with Crippen LogP contribution in [-0.4, -0.2) is 45.5 Å². The summed E-state index contributed by atoms with van der Waals surface area (Å²) in [5.74, 6) is -0.849. The van der Waals surface area contributed by atoms with E-state index < -0.39 is 17.0 Å². The molecule has 4 aromatic rings. The first-order valence-electron chi connectivity index (χ1n) is 10.8. The molecule has 0 aliphatic carbocycles. The summed E-state index contributed by atoms with van der Waals surface area (Å²) in [6.07, 6.45) is 1.65. The summed E-state index contributed by atoms with van der Waals surface area (Å²) in [7, 11) is 1.93. The molecule has 2 aromatic carbocycles. The number of carbonyl (C=O) groups is 1. The van der Waals surface area contributed by atoms with Crippen LogP contribution in [0.4, 0.5) is 4.39 Å². The van der Waals surface area contributed by atoms with Crippen molar-refractivity contribution < 1.29 is 9.18 Å². The van der Waals surface area contributed by atoms with E-state index >= 15 is 0 Å². The van der Waals surface area contributed by atoms with Gasteiger partial charge in [0, 0.05) is 13.1 Å². The number of rotatable bonds is 4. The van der Waals surface area contributed by atoms with Gasteiger partial charge in [0.15, 0.2) is 11.2 Å². The first kappa shape index (κ1) is 22.3. The van der Waals surface area contributed by atoms with Gasteiger partial charge >= 0.3 is 0 Å². The molecule has 1 aliphatic heterocycles. The summed E-state index contributed by atoms with van der Waals surface area (Å²) >= 11 is 6.46. The summed E-state index contributed by atoms with van der Waals surface area (Å²) in [4.78, 5) is 31.0. The van der Waals surface area contributed by atoms with Gasteiger partial charge in [-0.15, -0.1) is 0 Å². The standard InChI is InChI=1S/C25H23ClFN5O2/c1-14-4-5-16(10-15(14)2)19-11-32-22(24(34)28-19)20(26)21(30-32)23(33)29-25(12-31(3)13-25)17-6-8-18(27)9-7-17/h4-11H,12-13H2,1-3H3,(H,28,34)(H,29,33). The third-order valence-corrected chi connectivity index (χ3v) is 6.79. The van der Waals surface area contributed by atoms with Crippen LogP contribution in [0.2, 0.25) is 5.02 Å². The van der Waals surface area contributed by atoms with Crippen LogP contribution in [0.15, 0.2) is 53.5 Å². The van der Waals surface area contributed by atoms with Crippen LogP contribution in [-0.2, 0) is 5.54 Å². The quantitative estimate of drug-likeness (QED) is 0.468. The number of likely N-dealkylation sites (N-methyl/N-ethyl adjacent to an activating group) is 1. The Hall–Kier alpha value is -3.49. The van der Waals surface area contributed by atoms with Gasteiger partial charge in [0.05, 0.1) is 17.4 Å². The average Bonchev–Trinajstić information content (AvgIpc) is 3.11. The fourth-order valence-corrected chi connectivity index (χ4v) is 4.80. The van der Waals surface area contributed by atoms with E-state index in [4.69, 9.17) is 11.6 Å². The average molecular weight is 480 g/mol. The number of carbonyl (C=O) groups excluding carboxylic acids is 1. The number of fused-ring (bicyclic) bond motifs is 1. The van der Waals surface area contributed by atoms with Crippen molar-refractivity contribution in [2.24, 2.45) is 0 Å². The highest BCUT2D eigenvalue weighted by Gasteiger charge is 2.44. The Labute approximate surface area is 200 Å². The second-order valence-corrected chi connectivity index (χ2v) is 9.35. The molecule has 0 radical (unpaired) electrons. The fourth-order valence-electron chi connectivity index (χ4n) is 4.50. The zero-order valence-electron chi connectivity index (χ0n) is 18.9. The predicted octanol–water partition coefficient (Wildman–Crippen LogP) is 3.67. The molecule has 2 aromatic heterocycles. The number of halogens is 2. The second-order valence-electron chi connectivity index (χ2n) is 8.97. The highest BCUT2D eigenvalue weighted by atomic mass is 35.5. The van der Waals surface area contributed by atoms with Crippen molar-refractivity contribution in [3.05, 3.63) is 92.2 Å². The van der Waals surface area contributed by atoms with Crippen molar-refractivity contribution in [3.63, 3.8) is 0 Å². The van der Waals surface area contributed by atoms with Crippen LogP contribution in [0.1, 0.15) is 27.2 Å². The van der Waals surface area contributed by atoms with Crippen molar-refractivity contribution in [3.8, 4) is 11.3 Å². The van der Waals surface area contributed by atoms with E-state index in [-0.39, 0.29) is 22.1 Å². The molecule has 34 heavy (non-hydrogen) atoms. The minimum absolute atomic E-state index is 0.0210. The molecule has 9 heteroatoms. The van der Waals surface area contributed by atoms with Crippen molar-refractivity contribution in [1.82, 2.24) is 24.8 Å². The SMILES string of the molecule is Cc1ccc(-c2cn3nc(C(=O)NC4(c5ccc(F)cc5)CN(C)C4)c(Cl)c3c(=O)[nH]2)cc1C. The zero-order chi connectivity index (χ0) is 24.2. The summed E-state index contributed by atoms with van der Waals surface area (Å²) in [6.45, 7) is 5.11. The molecule has 0 spiro atoms. The summed E-state index contributed by atoms with van der Waals surface area (Å²) in [6, 6.07) is 11.9. The molecular weight excluding hydrogens is 457 g/mol. The predicted molar refractivity (Wildman–Crippen MR) is 129 cm³/mol. The second kappa shape index (κ2) is 8.07. The smallest absolute Gasteiger partial charge is 0.276 e. The molecular formula is C25H23ClFN5O2. The Morgan fingerprint density at radius 2 is 1.85 bits per heavy atom. The Morgan fingerprint density at radius 3 is 2.50 bits per heavy atom. The monoisotopic (exact) mass is 479 g/mol. The minimum atomic E-state index is -0.699. The Balaban J connectivity index is 1.52. The maximum absolute atomic E-state index is 13.4. The molecule has 7 nitrogen and oxygen atoms in total. The number of H-pyrrole nitrogens is 1. The molecule has 1 amide bonds. The molecule has 0 bridgehead atoms. The summed E-state index contributed by atoms with van der Waals surface area (Å²) < 4.78 is 14.8. The lowest BCUT2D eigenvalue weighted by Gasteiger charge is -2.49. The lowest BCUT2D eigenvalue weighted by molar-refractivity contribution is 0.0508. The van der Waals surface area contributed by atoms with E-state index in [1.165, 1.54) is 16.6 Å². The number of likely N-dealkylation sites (tertiary alicyclic amines) is 1. The summed E-state index contributed by atoms with van der Waals surface area (Å²) in [5, 5.41) is 7.34. The zero-order valence-corrected chi connectivity index (χ0v) is 19.7. The first-order chi connectivity index (χ1) is 16.2. The van der Waals surface area contributed by atoms with E-state index in [0.717, 1.165) is 22.3 Å². The number of nitrogens with zero attached hydrogens (tertiary/aromatic N) is 3. The van der Waals surface area contributed by atoms with Gasteiger partial charge in [0.2, 0.25) is 0 Å². The van der Waals surface area contributed by atoms with E-state index in [0.29, 0.717) is 18.8 Å². The lowest BCUT2D eigenvalue weighted by atomic mass is 9.82. The van der Waals surface area contributed by atoms with Gasteiger partial charge < -0.3 is 15.2 Å². The third kappa shape index (κ3) is 3.69. The number of aromatic nitrogens is 3. The molecule has 5 rings (SSSR count). The van der Waals surface area contributed by atoms with Crippen LogP contribution in [0.5, 0.6) is 0 Å². The summed E-state index contributed by atoms with van der Waals surface area (Å²) in [5.41, 5.74) is 3.33. The van der Waals surface area contributed by atoms with Gasteiger partial charge in [-0.25, -0.2) is 8.91 Å². The molecule has 174 valence electrons. The number of hydrogen-bond acceptors (Lipinski definition) is 4. The van der Waals surface area contributed by atoms with E-state index in [1.807, 2.05) is 44.0 Å². The number of hydrogen-bond donors (Lipinski definition) is 2. The number of amides is 1. The van der Waals surface area contributed by atoms with Crippen LogP contribution in [0.25, 0.3) is 16.8 Å².